The van der Waals surface area contributed by atoms with Crippen LogP contribution in [0.15, 0.2) is 6.07 Å². The van der Waals surface area contributed by atoms with E-state index < -0.39 is 0 Å². The average Bonchev–Trinajstić information content (AvgIpc) is 2.31. The minimum absolute atomic E-state index is 0.538. The monoisotopic (exact) mass is 252 g/mol. The lowest BCUT2D eigenvalue weighted by Gasteiger charge is -2.10. The van der Waals surface area contributed by atoms with Crippen LogP contribution in [-0.4, -0.2) is 10.2 Å². The second kappa shape index (κ2) is 6.95. The Labute approximate surface area is 109 Å². The van der Waals surface area contributed by atoms with Gasteiger partial charge in [-0.25, -0.2) is 0 Å². The number of aromatic nitrogens is 2. The molecule has 0 atom stereocenters. The molecular weight excluding hydrogens is 232 g/mol. The summed E-state index contributed by atoms with van der Waals surface area (Å²) in [4.78, 5) is 0. The van der Waals surface area contributed by atoms with Gasteiger partial charge in [0.2, 0.25) is 0 Å². The van der Waals surface area contributed by atoms with E-state index >= 15 is 0 Å². The molecular formula is C14H21ClN2. The lowest BCUT2D eigenvalue weighted by Crippen LogP contribution is -2.02. The maximum atomic E-state index is 5.93. The summed E-state index contributed by atoms with van der Waals surface area (Å²) in [6.07, 6.45) is 12.9. The summed E-state index contributed by atoms with van der Waals surface area (Å²) >= 11 is 5.93. The Balaban J connectivity index is 2.05. The van der Waals surface area contributed by atoms with Crippen molar-refractivity contribution >= 4 is 11.6 Å². The van der Waals surface area contributed by atoms with E-state index in [1.54, 1.807) is 0 Å². The van der Waals surface area contributed by atoms with Gasteiger partial charge in [-0.3, -0.25) is 0 Å². The van der Waals surface area contributed by atoms with Gasteiger partial charge in [-0.15, -0.1) is 5.10 Å². The molecule has 1 aromatic heterocycles. The van der Waals surface area contributed by atoms with Crippen molar-refractivity contribution < 1.29 is 0 Å². The Morgan fingerprint density at radius 3 is 2.06 bits per heavy atom. The highest BCUT2D eigenvalue weighted by Gasteiger charge is 2.07. The first-order valence-corrected chi connectivity index (χ1v) is 7.25. The van der Waals surface area contributed by atoms with Crippen LogP contribution in [0.25, 0.3) is 0 Å². The summed E-state index contributed by atoms with van der Waals surface area (Å²) in [5, 5.41) is 8.78. The van der Waals surface area contributed by atoms with Gasteiger partial charge in [-0.2, -0.15) is 5.10 Å². The zero-order valence-electron chi connectivity index (χ0n) is 10.4. The fraction of sp³-hybridized carbons (Fsp3) is 0.714. The van der Waals surface area contributed by atoms with Crippen LogP contribution in [0.4, 0.5) is 0 Å². The van der Waals surface area contributed by atoms with Crippen molar-refractivity contribution in [2.45, 2.75) is 64.2 Å². The third-order valence-corrected chi connectivity index (χ3v) is 3.72. The lowest BCUT2D eigenvalue weighted by molar-refractivity contribution is 0.555. The van der Waals surface area contributed by atoms with Crippen molar-refractivity contribution in [1.29, 1.82) is 0 Å². The van der Waals surface area contributed by atoms with Gasteiger partial charge < -0.3 is 0 Å². The van der Waals surface area contributed by atoms with Crippen molar-refractivity contribution in [3.05, 3.63) is 22.5 Å². The van der Waals surface area contributed by atoms with Crippen LogP contribution < -0.4 is 0 Å². The molecule has 0 aliphatic heterocycles. The minimum Gasteiger partial charge on any atom is -0.154 e. The van der Waals surface area contributed by atoms with Gasteiger partial charge >= 0.3 is 0 Å². The molecule has 0 saturated heterocycles. The molecule has 0 N–H and O–H groups in total. The molecule has 0 aromatic carbocycles. The molecule has 94 valence electrons. The summed E-state index contributed by atoms with van der Waals surface area (Å²) in [6.45, 7) is 0. The quantitative estimate of drug-likeness (QED) is 0.686. The molecule has 17 heavy (non-hydrogen) atoms. The molecule has 2 rings (SSSR count). The summed E-state index contributed by atoms with van der Waals surface area (Å²) in [5.74, 6) is 0. The number of fused-ring (bicyclic) bond motifs is 1. The number of rotatable bonds is 0. The highest BCUT2D eigenvalue weighted by atomic mass is 35.5. The molecule has 0 unspecified atom stereocenters. The third kappa shape index (κ3) is 4.27. The van der Waals surface area contributed by atoms with Gasteiger partial charge in [0.05, 0.1) is 5.69 Å². The van der Waals surface area contributed by atoms with Crippen molar-refractivity contribution in [3.63, 3.8) is 0 Å². The Morgan fingerprint density at radius 2 is 1.35 bits per heavy atom. The Kier molecular flexibility index (Phi) is 5.24. The van der Waals surface area contributed by atoms with E-state index in [-0.39, 0.29) is 0 Å². The third-order valence-electron chi connectivity index (χ3n) is 3.54. The van der Waals surface area contributed by atoms with Gasteiger partial charge in [-0.1, -0.05) is 50.1 Å². The van der Waals surface area contributed by atoms with Crippen LogP contribution in [0.3, 0.4) is 0 Å². The molecule has 2 nitrogen and oxygen atoms in total. The summed E-state index contributed by atoms with van der Waals surface area (Å²) in [7, 11) is 0. The summed E-state index contributed by atoms with van der Waals surface area (Å²) < 4.78 is 0. The zero-order valence-corrected chi connectivity index (χ0v) is 11.2. The maximum absolute atomic E-state index is 5.93. The van der Waals surface area contributed by atoms with Gasteiger partial charge in [0, 0.05) is 0 Å². The summed E-state index contributed by atoms with van der Waals surface area (Å²) in [5.41, 5.74) is 2.50. The van der Waals surface area contributed by atoms with Crippen LogP contribution in [-0.2, 0) is 12.8 Å². The molecule has 0 radical (unpaired) electrons. The van der Waals surface area contributed by atoms with Crippen LogP contribution in [0.2, 0.25) is 5.15 Å². The van der Waals surface area contributed by atoms with E-state index in [0.717, 1.165) is 12.8 Å². The van der Waals surface area contributed by atoms with E-state index in [9.17, 15) is 0 Å². The number of halogens is 1. The molecule has 0 amide bonds. The number of hydrogen-bond acceptors (Lipinski definition) is 2. The van der Waals surface area contributed by atoms with E-state index in [2.05, 4.69) is 10.2 Å². The SMILES string of the molecule is Clc1cc2c(nn1)CCCCCCCCCC2. The van der Waals surface area contributed by atoms with Crippen LogP contribution in [0.5, 0.6) is 0 Å². The van der Waals surface area contributed by atoms with Gasteiger partial charge in [0.25, 0.3) is 0 Å². The maximum Gasteiger partial charge on any atom is 0.152 e. The normalized spacial score (nSPS) is 18.9. The zero-order chi connectivity index (χ0) is 11.9. The molecule has 1 aliphatic carbocycles. The number of nitrogens with zero attached hydrogens (tertiary/aromatic N) is 2. The predicted molar refractivity (Wildman–Crippen MR) is 71.4 cm³/mol. The van der Waals surface area contributed by atoms with Crippen LogP contribution >= 0.6 is 11.6 Å². The first-order valence-electron chi connectivity index (χ1n) is 6.87. The number of hydrogen-bond donors (Lipinski definition) is 0. The Hall–Kier alpha value is -0.630. The topological polar surface area (TPSA) is 25.8 Å². The largest absolute Gasteiger partial charge is 0.154 e. The van der Waals surface area contributed by atoms with E-state index in [1.807, 2.05) is 6.07 Å². The standard InChI is InChI=1S/C14H21ClN2/c15-14-11-12-9-7-5-3-1-2-4-6-8-10-13(12)16-17-14/h11H,1-10H2. The predicted octanol–water partition coefficient (Wildman–Crippen LogP) is 4.35. The minimum atomic E-state index is 0.538. The van der Waals surface area contributed by atoms with Gasteiger partial charge in [-0.05, 0) is 37.3 Å². The fourth-order valence-electron chi connectivity index (χ4n) is 2.52. The molecule has 0 bridgehead atoms. The molecule has 0 spiro atoms. The van der Waals surface area contributed by atoms with Crippen molar-refractivity contribution in [2.24, 2.45) is 0 Å². The first kappa shape index (κ1) is 12.8. The Bertz CT molecular complexity index is 352. The van der Waals surface area contributed by atoms with E-state index in [0.29, 0.717) is 5.15 Å². The molecule has 3 heteroatoms. The van der Waals surface area contributed by atoms with Crippen LogP contribution in [0.1, 0.15) is 62.6 Å². The van der Waals surface area contributed by atoms with Crippen molar-refractivity contribution in [2.75, 3.05) is 0 Å². The van der Waals surface area contributed by atoms with E-state index in [1.165, 1.54) is 62.6 Å². The Morgan fingerprint density at radius 1 is 0.765 bits per heavy atom. The summed E-state index contributed by atoms with van der Waals surface area (Å²) in [6, 6.07) is 2.01. The second-order valence-corrected chi connectivity index (χ2v) is 5.35. The van der Waals surface area contributed by atoms with Crippen molar-refractivity contribution in [3.8, 4) is 0 Å². The highest BCUT2D eigenvalue weighted by molar-refractivity contribution is 6.29. The first-order chi connectivity index (χ1) is 8.36. The number of aryl methyl sites for hydroxylation is 2. The second-order valence-electron chi connectivity index (χ2n) is 4.97. The fourth-order valence-corrected chi connectivity index (χ4v) is 2.69. The van der Waals surface area contributed by atoms with Crippen molar-refractivity contribution in [1.82, 2.24) is 10.2 Å². The highest BCUT2D eigenvalue weighted by Crippen LogP contribution is 2.19. The van der Waals surface area contributed by atoms with Crippen LogP contribution in [0, 0.1) is 0 Å². The molecule has 1 heterocycles. The molecule has 0 fully saturated rings. The molecule has 1 aliphatic rings. The average molecular weight is 253 g/mol. The molecule has 0 saturated carbocycles. The van der Waals surface area contributed by atoms with E-state index in [4.69, 9.17) is 11.6 Å². The smallest absolute Gasteiger partial charge is 0.152 e. The van der Waals surface area contributed by atoms with Gasteiger partial charge in [0.1, 0.15) is 0 Å². The van der Waals surface area contributed by atoms with Gasteiger partial charge in [0.15, 0.2) is 5.15 Å². The lowest BCUT2D eigenvalue weighted by atomic mass is 9.99. The molecule has 1 aromatic rings.